The zero-order valence-electron chi connectivity index (χ0n) is 19.5. The summed E-state index contributed by atoms with van der Waals surface area (Å²) < 4.78 is 5.63. The molecule has 0 atom stereocenters. The van der Waals surface area contributed by atoms with Crippen molar-refractivity contribution in [3.8, 4) is 0 Å². The highest BCUT2D eigenvalue weighted by Gasteiger charge is 2.42. The van der Waals surface area contributed by atoms with Crippen LogP contribution >= 0.6 is 12.4 Å². The molecule has 1 aliphatic heterocycles. The second kappa shape index (κ2) is 11.7. The molecule has 9 heteroatoms. The number of ether oxygens (including phenoxy) is 1. The molecule has 1 saturated heterocycles. The maximum Gasteiger partial charge on any atom is 0.331 e. The fraction of sp³-hybridized carbons (Fsp3) is 0.600. The summed E-state index contributed by atoms with van der Waals surface area (Å²) in [5.41, 5.74) is 6.70. The molecular weight excluding hydrogens is 456 g/mol. The van der Waals surface area contributed by atoms with Crippen LogP contribution in [0.5, 0.6) is 0 Å². The van der Waals surface area contributed by atoms with E-state index in [1.807, 2.05) is 0 Å². The molecule has 1 heterocycles. The zero-order chi connectivity index (χ0) is 23.4. The summed E-state index contributed by atoms with van der Waals surface area (Å²) >= 11 is 0. The normalized spacial score (nSPS) is 23.5. The third-order valence-corrected chi connectivity index (χ3v) is 7.28. The number of nitrogens with zero attached hydrogens (tertiary/aromatic N) is 2. The van der Waals surface area contributed by atoms with Crippen LogP contribution in [-0.4, -0.2) is 47.3 Å². The quantitative estimate of drug-likeness (QED) is 0.254. The lowest BCUT2D eigenvalue weighted by atomic mass is 9.83. The number of halogens is 1. The number of nitrogens with two attached hydrogens (primary N) is 1. The molecule has 186 valence electrons. The molecule has 8 nitrogen and oxygen atoms in total. The number of esters is 1. The molecule has 1 aromatic rings. The fourth-order valence-corrected chi connectivity index (χ4v) is 5.34. The molecule has 2 saturated carbocycles. The molecular formula is C25H35ClN4O4. The van der Waals surface area contributed by atoms with E-state index in [0.29, 0.717) is 23.6 Å². The van der Waals surface area contributed by atoms with E-state index in [1.165, 1.54) is 16.2 Å². The minimum atomic E-state index is -0.282. The molecule has 0 radical (unpaired) electrons. The molecule has 1 aromatic carbocycles. The van der Waals surface area contributed by atoms with Crippen LogP contribution in [0.25, 0.3) is 0 Å². The van der Waals surface area contributed by atoms with Gasteiger partial charge in [-0.15, -0.1) is 12.4 Å². The number of anilines is 1. The van der Waals surface area contributed by atoms with E-state index in [-0.39, 0.29) is 54.8 Å². The predicted octanol–water partition coefficient (Wildman–Crippen LogP) is 4.38. The number of rotatable bonds is 7. The number of carbonyl (C=O) groups is 3. The molecule has 0 aromatic heterocycles. The summed E-state index contributed by atoms with van der Waals surface area (Å²) in [6.07, 6.45) is 10.3. The minimum absolute atomic E-state index is 0. The Morgan fingerprint density at radius 1 is 1.00 bits per heavy atom. The Balaban J connectivity index is 0.00000324. The second-order valence-electron chi connectivity index (χ2n) is 9.56. The third kappa shape index (κ3) is 6.09. The Labute approximate surface area is 207 Å². The average molecular weight is 491 g/mol. The van der Waals surface area contributed by atoms with Crippen LogP contribution in [-0.2, 0) is 14.3 Å². The van der Waals surface area contributed by atoms with Crippen molar-refractivity contribution in [3.05, 3.63) is 29.8 Å². The Morgan fingerprint density at radius 2 is 1.65 bits per heavy atom. The highest BCUT2D eigenvalue weighted by atomic mass is 35.5. The molecule has 3 N–H and O–H groups in total. The lowest BCUT2D eigenvalue weighted by Gasteiger charge is -2.33. The van der Waals surface area contributed by atoms with Gasteiger partial charge in [0.15, 0.2) is 0 Å². The van der Waals surface area contributed by atoms with E-state index >= 15 is 0 Å². The van der Waals surface area contributed by atoms with E-state index in [1.54, 1.807) is 24.3 Å². The van der Waals surface area contributed by atoms with Crippen molar-refractivity contribution in [1.82, 2.24) is 4.90 Å². The average Bonchev–Trinajstić information content (AvgIpc) is 3.12. The first-order valence-corrected chi connectivity index (χ1v) is 12.2. The van der Waals surface area contributed by atoms with Crippen LogP contribution in [0.4, 0.5) is 10.5 Å². The Hall–Kier alpha value is -2.61. The first kappa shape index (κ1) is 26.0. The van der Waals surface area contributed by atoms with Gasteiger partial charge in [-0.3, -0.25) is 24.8 Å². The van der Waals surface area contributed by atoms with Gasteiger partial charge in [0.2, 0.25) is 0 Å². The van der Waals surface area contributed by atoms with Gasteiger partial charge in [0.05, 0.1) is 0 Å². The molecule has 4 rings (SSSR count). The van der Waals surface area contributed by atoms with Crippen molar-refractivity contribution in [1.29, 1.82) is 5.41 Å². The third-order valence-electron chi connectivity index (χ3n) is 7.28. The lowest BCUT2D eigenvalue weighted by molar-refractivity contribution is -0.150. The first-order valence-electron chi connectivity index (χ1n) is 12.2. The fourth-order valence-electron chi connectivity index (χ4n) is 5.34. The van der Waals surface area contributed by atoms with E-state index in [2.05, 4.69) is 0 Å². The number of amidine groups is 1. The monoisotopic (exact) mass is 490 g/mol. The second-order valence-corrected chi connectivity index (χ2v) is 9.56. The van der Waals surface area contributed by atoms with Gasteiger partial charge in [0.25, 0.3) is 5.91 Å². The van der Waals surface area contributed by atoms with Gasteiger partial charge in [0, 0.05) is 23.7 Å². The first-order chi connectivity index (χ1) is 15.9. The summed E-state index contributed by atoms with van der Waals surface area (Å²) in [5.74, 6) is 0.143. The van der Waals surface area contributed by atoms with Gasteiger partial charge >= 0.3 is 12.0 Å². The summed E-state index contributed by atoms with van der Waals surface area (Å²) in [5, 5.41) is 7.49. The molecule has 0 unspecified atom stereocenters. The van der Waals surface area contributed by atoms with E-state index < -0.39 is 0 Å². The molecule has 3 aliphatic rings. The van der Waals surface area contributed by atoms with Gasteiger partial charge in [-0.25, -0.2) is 4.79 Å². The van der Waals surface area contributed by atoms with Gasteiger partial charge in [-0.2, -0.15) is 0 Å². The van der Waals surface area contributed by atoms with Crippen LogP contribution in [0.3, 0.4) is 0 Å². The van der Waals surface area contributed by atoms with Crippen LogP contribution in [0, 0.1) is 11.3 Å². The SMILES string of the molecule is Cl.N=C(N)c1ccc(N2CC(=O)N(C3CCC(CCC(=O)OC4CCCCC4)CC3)C2=O)cc1. The largest absolute Gasteiger partial charge is 0.462 e. The molecule has 3 amide bonds. The Kier molecular flexibility index (Phi) is 8.94. The molecule has 34 heavy (non-hydrogen) atoms. The van der Waals surface area contributed by atoms with Gasteiger partial charge in [-0.1, -0.05) is 6.42 Å². The van der Waals surface area contributed by atoms with Crippen molar-refractivity contribution in [2.45, 2.75) is 82.8 Å². The van der Waals surface area contributed by atoms with Crippen molar-refractivity contribution >= 4 is 41.8 Å². The summed E-state index contributed by atoms with van der Waals surface area (Å²) in [6.45, 7) is 0.0329. The lowest BCUT2D eigenvalue weighted by Crippen LogP contribution is -2.43. The van der Waals surface area contributed by atoms with E-state index in [0.717, 1.165) is 57.8 Å². The summed E-state index contributed by atoms with van der Waals surface area (Å²) in [6, 6.07) is 6.43. The van der Waals surface area contributed by atoms with Crippen LogP contribution in [0.2, 0.25) is 0 Å². The number of nitrogen functional groups attached to an aromatic ring is 1. The number of hydrogen-bond donors (Lipinski definition) is 2. The molecule has 2 aliphatic carbocycles. The van der Waals surface area contributed by atoms with Crippen molar-refractivity contribution in [2.75, 3.05) is 11.4 Å². The van der Waals surface area contributed by atoms with E-state index in [4.69, 9.17) is 15.9 Å². The standard InChI is InChI=1S/C25H34N4O4.ClH/c26-24(27)18-9-13-19(14-10-18)28-16-22(30)29(25(28)32)20-11-6-17(7-12-20)8-15-23(31)33-21-4-2-1-3-5-21;/h9-10,13-14,17,20-21H,1-8,11-12,15-16H2,(H3,26,27);1H. The highest BCUT2D eigenvalue weighted by Crippen LogP contribution is 2.34. The van der Waals surface area contributed by atoms with Crippen LogP contribution in [0.1, 0.15) is 76.2 Å². The number of urea groups is 1. The van der Waals surface area contributed by atoms with Crippen molar-refractivity contribution in [2.24, 2.45) is 11.7 Å². The topological polar surface area (TPSA) is 117 Å². The van der Waals surface area contributed by atoms with Gasteiger partial charge < -0.3 is 10.5 Å². The number of nitrogens with one attached hydrogen (secondary N) is 1. The van der Waals surface area contributed by atoms with Gasteiger partial charge in [0.1, 0.15) is 18.5 Å². The maximum atomic E-state index is 13.0. The van der Waals surface area contributed by atoms with Crippen molar-refractivity contribution < 1.29 is 19.1 Å². The smallest absolute Gasteiger partial charge is 0.331 e. The maximum absolute atomic E-state index is 13.0. The van der Waals surface area contributed by atoms with Crippen LogP contribution in [0.15, 0.2) is 24.3 Å². The minimum Gasteiger partial charge on any atom is -0.462 e. The molecule has 3 fully saturated rings. The van der Waals surface area contributed by atoms with E-state index in [9.17, 15) is 14.4 Å². The van der Waals surface area contributed by atoms with Crippen LogP contribution < -0.4 is 10.6 Å². The zero-order valence-corrected chi connectivity index (χ0v) is 20.4. The Morgan fingerprint density at radius 3 is 2.26 bits per heavy atom. The number of amides is 3. The summed E-state index contributed by atoms with van der Waals surface area (Å²) in [7, 11) is 0. The number of hydrogen-bond acceptors (Lipinski definition) is 5. The Bertz CT molecular complexity index is 893. The number of benzene rings is 1. The summed E-state index contributed by atoms with van der Waals surface area (Å²) in [4.78, 5) is 40.8. The highest BCUT2D eigenvalue weighted by molar-refractivity contribution is 6.12. The van der Waals surface area contributed by atoms with Gasteiger partial charge in [-0.05, 0) is 88.0 Å². The molecule has 0 spiro atoms. The van der Waals surface area contributed by atoms with Crippen molar-refractivity contribution in [3.63, 3.8) is 0 Å². The molecule has 0 bridgehead atoms. The predicted molar refractivity (Wildman–Crippen MR) is 132 cm³/mol. The number of carbonyl (C=O) groups excluding carboxylic acids is 3. The number of imide groups is 1.